The van der Waals surface area contributed by atoms with Crippen LogP contribution in [0.3, 0.4) is 0 Å². The first-order chi connectivity index (χ1) is 14.4. The van der Waals surface area contributed by atoms with Crippen molar-refractivity contribution in [1.29, 1.82) is 0 Å². The van der Waals surface area contributed by atoms with E-state index in [1.54, 1.807) is 42.5 Å². The molecule has 150 valence electrons. The van der Waals surface area contributed by atoms with Gasteiger partial charge in [0.25, 0.3) is 11.6 Å². The van der Waals surface area contributed by atoms with Crippen LogP contribution in [0, 0.1) is 10.1 Å². The van der Waals surface area contributed by atoms with E-state index in [2.05, 4.69) is 26.5 Å². The van der Waals surface area contributed by atoms with Crippen LogP contribution in [-0.2, 0) is 0 Å². The van der Waals surface area contributed by atoms with Crippen LogP contribution in [0.15, 0.2) is 82.4 Å². The molecule has 0 bridgehead atoms. The van der Waals surface area contributed by atoms with E-state index in [4.69, 9.17) is 4.74 Å². The Kier molecular flexibility index (Phi) is 6.66. The van der Waals surface area contributed by atoms with Crippen LogP contribution in [0.25, 0.3) is 0 Å². The predicted octanol–water partition coefficient (Wildman–Crippen LogP) is 4.34. The standard InChI is InChI=1S/C21H14BrN3O5/c22-17-5-1-3-15(11-17)20(26)24-23-13-14-7-9-19(10-8-14)30-21(27)16-4-2-6-18(12-16)25(28)29/h1-13H,(H,24,26). The van der Waals surface area contributed by atoms with Gasteiger partial charge < -0.3 is 4.74 Å². The van der Waals surface area contributed by atoms with E-state index in [1.165, 1.54) is 24.4 Å². The fourth-order valence-corrected chi connectivity index (χ4v) is 2.79. The molecule has 0 heterocycles. The Labute approximate surface area is 179 Å². The summed E-state index contributed by atoms with van der Waals surface area (Å²) >= 11 is 3.30. The summed E-state index contributed by atoms with van der Waals surface area (Å²) in [6.45, 7) is 0. The number of ether oxygens (including phenoxy) is 1. The molecule has 30 heavy (non-hydrogen) atoms. The van der Waals surface area contributed by atoms with Crippen molar-refractivity contribution in [2.45, 2.75) is 0 Å². The number of nitrogens with zero attached hydrogens (tertiary/aromatic N) is 2. The molecule has 8 nitrogen and oxygen atoms in total. The number of hydrazone groups is 1. The van der Waals surface area contributed by atoms with Crippen molar-refractivity contribution in [3.63, 3.8) is 0 Å². The molecule has 3 aromatic rings. The van der Waals surface area contributed by atoms with Crippen LogP contribution in [-0.4, -0.2) is 23.0 Å². The van der Waals surface area contributed by atoms with Crippen molar-refractivity contribution in [3.8, 4) is 5.75 Å². The van der Waals surface area contributed by atoms with Gasteiger partial charge in [-0.25, -0.2) is 10.2 Å². The van der Waals surface area contributed by atoms with E-state index in [9.17, 15) is 19.7 Å². The van der Waals surface area contributed by atoms with Gasteiger partial charge in [-0.3, -0.25) is 14.9 Å². The van der Waals surface area contributed by atoms with Crippen molar-refractivity contribution in [3.05, 3.63) is 104 Å². The van der Waals surface area contributed by atoms with Crippen LogP contribution in [0.1, 0.15) is 26.3 Å². The minimum Gasteiger partial charge on any atom is -0.423 e. The third kappa shape index (κ3) is 5.58. The number of non-ortho nitro benzene ring substituents is 1. The van der Waals surface area contributed by atoms with Gasteiger partial charge >= 0.3 is 5.97 Å². The Morgan fingerprint density at radius 1 is 1.00 bits per heavy atom. The summed E-state index contributed by atoms with van der Waals surface area (Å²) in [5, 5.41) is 14.7. The molecular weight excluding hydrogens is 454 g/mol. The molecule has 0 radical (unpaired) electrons. The zero-order valence-electron chi connectivity index (χ0n) is 15.3. The monoisotopic (exact) mass is 467 g/mol. The zero-order valence-corrected chi connectivity index (χ0v) is 16.9. The quantitative estimate of drug-likeness (QED) is 0.190. The highest BCUT2D eigenvalue weighted by atomic mass is 79.9. The molecule has 0 fully saturated rings. The predicted molar refractivity (Wildman–Crippen MR) is 114 cm³/mol. The molecule has 9 heteroatoms. The second-order valence-electron chi connectivity index (χ2n) is 5.98. The molecule has 0 aliphatic heterocycles. The van der Waals surface area contributed by atoms with Gasteiger partial charge in [0, 0.05) is 22.2 Å². The molecule has 1 N–H and O–H groups in total. The fourth-order valence-electron chi connectivity index (χ4n) is 2.39. The molecular formula is C21H14BrN3O5. The van der Waals surface area contributed by atoms with Gasteiger partial charge in [-0.1, -0.05) is 28.1 Å². The number of rotatable bonds is 6. The minimum atomic E-state index is -0.707. The van der Waals surface area contributed by atoms with Crippen LogP contribution in [0.2, 0.25) is 0 Å². The Morgan fingerprint density at radius 2 is 1.70 bits per heavy atom. The number of carbonyl (C=O) groups excluding carboxylic acids is 2. The summed E-state index contributed by atoms with van der Waals surface area (Å²) in [6, 6.07) is 18.6. The van der Waals surface area contributed by atoms with E-state index in [0.29, 0.717) is 11.1 Å². The minimum absolute atomic E-state index is 0.0742. The average molecular weight is 468 g/mol. The van der Waals surface area contributed by atoms with E-state index < -0.39 is 10.9 Å². The summed E-state index contributed by atoms with van der Waals surface area (Å²) in [4.78, 5) is 34.4. The van der Waals surface area contributed by atoms with Crippen molar-refractivity contribution in [2.24, 2.45) is 5.10 Å². The maximum absolute atomic E-state index is 12.2. The number of benzene rings is 3. The molecule has 0 saturated carbocycles. The highest BCUT2D eigenvalue weighted by Gasteiger charge is 2.13. The summed E-state index contributed by atoms with van der Waals surface area (Å²) < 4.78 is 6.01. The molecule has 0 saturated heterocycles. The van der Waals surface area contributed by atoms with E-state index in [1.807, 2.05) is 6.07 Å². The number of hydrogen-bond acceptors (Lipinski definition) is 6. The molecule has 0 unspecified atom stereocenters. The smallest absolute Gasteiger partial charge is 0.343 e. The number of esters is 1. The molecule has 0 aliphatic rings. The second-order valence-corrected chi connectivity index (χ2v) is 6.89. The summed E-state index contributed by atoms with van der Waals surface area (Å²) in [5.41, 5.74) is 3.44. The number of hydrogen-bond donors (Lipinski definition) is 1. The highest BCUT2D eigenvalue weighted by molar-refractivity contribution is 9.10. The van der Waals surface area contributed by atoms with E-state index in [0.717, 1.165) is 10.5 Å². The molecule has 3 rings (SSSR count). The Hall–Kier alpha value is -3.85. The lowest BCUT2D eigenvalue weighted by Crippen LogP contribution is -2.17. The van der Waals surface area contributed by atoms with Gasteiger partial charge in [-0.05, 0) is 54.1 Å². The molecule has 0 aliphatic carbocycles. The SMILES string of the molecule is O=C(NN=Cc1ccc(OC(=O)c2cccc([N+](=O)[O-])c2)cc1)c1cccc(Br)c1. The maximum atomic E-state index is 12.2. The molecule has 3 aromatic carbocycles. The van der Waals surface area contributed by atoms with Crippen molar-refractivity contribution in [2.75, 3.05) is 0 Å². The number of amides is 1. The Balaban J connectivity index is 1.59. The largest absolute Gasteiger partial charge is 0.423 e. The second kappa shape index (κ2) is 9.57. The topological polar surface area (TPSA) is 111 Å². The number of carbonyl (C=O) groups is 2. The number of nitro groups is 1. The lowest BCUT2D eigenvalue weighted by molar-refractivity contribution is -0.384. The van der Waals surface area contributed by atoms with Gasteiger partial charge in [0.15, 0.2) is 0 Å². The Bertz CT molecular complexity index is 1130. The first-order valence-electron chi connectivity index (χ1n) is 8.58. The van der Waals surface area contributed by atoms with Gasteiger partial charge in [-0.15, -0.1) is 0 Å². The Morgan fingerprint density at radius 3 is 2.40 bits per heavy atom. The number of nitro benzene ring substituents is 1. The van der Waals surface area contributed by atoms with E-state index >= 15 is 0 Å². The van der Waals surface area contributed by atoms with Crippen LogP contribution in [0.4, 0.5) is 5.69 Å². The molecule has 0 atom stereocenters. The molecule has 0 spiro atoms. The van der Waals surface area contributed by atoms with Gasteiger partial charge in [0.05, 0.1) is 16.7 Å². The van der Waals surface area contributed by atoms with Crippen molar-refractivity contribution >= 4 is 39.7 Å². The van der Waals surface area contributed by atoms with E-state index in [-0.39, 0.29) is 22.9 Å². The summed E-state index contributed by atoms with van der Waals surface area (Å²) in [6.07, 6.45) is 1.45. The van der Waals surface area contributed by atoms with Gasteiger partial charge in [0.1, 0.15) is 5.75 Å². The van der Waals surface area contributed by atoms with Crippen LogP contribution in [0.5, 0.6) is 5.75 Å². The maximum Gasteiger partial charge on any atom is 0.343 e. The average Bonchev–Trinajstić information content (AvgIpc) is 2.75. The lowest BCUT2D eigenvalue weighted by Gasteiger charge is -2.04. The third-order valence-electron chi connectivity index (χ3n) is 3.85. The van der Waals surface area contributed by atoms with Crippen LogP contribution >= 0.6 is 15.9 Å². The first kappa shape index (κ1) is 20.9. The van der Waals surface area contributed by atoms with Crippen molar-refractivity contribution < 1.29 is 19.2 Å². The van der Waals surface area contributed by atoms with Crippen molar-refractivity contribution in [1.82, 2.24) is 5.43 Å². The third-order valence-corrected chi connectivity index (χ3v) is 4.34. The lowest BCUT2D eigenvalue weighted by atomic mass is 10.2. The fraction of sp³-hybridized carbons (Fsp3) is 0. The van der Waals surface area contributed by atoms with Crippen LogP contribution < -0.4 is 10.2 Å². The molecule has 0 aromatic heterocycles. The zero-order chi connectivity index (χ0) is 21.5. The summed E-state index contributed by atoms with van der Waals surface area (Å²) in [5.74, 6) is -0.793. The normalized spacial score (nSPS) is 10.6. The number of nitrogens with one attached hydrogen (secondary N) is 1. The molecule has 1 amide bonds. The van der Waals surface area contributed by atoms with Gasteiger partial charge in [0.2, 0.25) is 0 Å². The first-order valence-corrected chi connectivity index (χ1v) is 9.37. The van der Waals surface area contributed by atoms with Gasteiger partial charge in [-0.2, -0.15) is 5.10 Å². The number of halogens is 1. The highest BCUT2D eigenvalue weighted by Crippen LogP contribution is 2.17. The summed E-state index contributed by atoms with van der Waals surface area (Å²) in [7, 11) is 0.